The van der Waals surface area contributed by atoms with Crippen LogP contribution in [0.2, 0.25) is 0 Å². The van der Waals surface area contributed by atoms with Crippen molar-refractivity contribution in [2.75, 3.05) is 25.0 Å². The summed E-state index contributed by atoms with van der Waals surface area (Å²) < 4.78 is 1.69. The summed E-state index contributed by atoms with van der Waals surface area (Å²) in [7, 11) is 1.85. The molecule has 2 heterocycles. The fourth-order valence-corrected chi connectivity index (χ4v) is 2.59. The highest BCUT2D eigenvalue weighted by atomic mass is 15.5. The molecular formula is C14H20N6. The minimum atomic E-state index is 0.761. The average molecular weight is 272 g/mol. The van der Waals surface area contributed by atoms with E-state index in [1.807, 2.05) is 19.2 Å². The topological polar surface area (TPSA) is 67.7 Å². The lowest BCUT2D eigenvalue weighted by molar-refractivity contribution is 0.390. The molecule has 0 atom stereocenters. The van der Waals surface area contributed by atoms with Gasteiger partial charge in [0.2, 0.25) is 0 Å². The molecule has 6 heteroatoms. The van der Waals surface area contributed by atoms with Crippen LogP contribution < -0.4 is 10.6 Å². The van der Waals surface area contributed by atoms with E-state index >= 15 is 0 Å². The molecular weight excluding hydrogens is 252 g/mol. The van der Waals surface area contributed by atoms with Crippen molar-refractivity contribution in [1.82, 2.24) is 25.5 Å². The third-order valence-electron chi connectivity index (χ3n) is 3.79. The van der Waals surface area contributed by atoms with E-state index in [9.17, 15) is 0 Å². The number of anilines is 1. The van der Waals surface area contributed by atoms with Gasteiger partial charge in [0.25, 0.3) is 0 Å². The predicted molar refractivity (Wildman–Crippen MR) is 78.3 cm³/mol. The van der Waals surface area contributed by atoms with E-state index in [0.717, 1.165) is 42.6 Å². The van der Waals surface area contributed by atoms with Crippen LogP contribution in [0.4, 0.5) is 5.69 Å². The molecule has 1 aliphatic heterocycles. The van der Waals surface area contributed by atoms with Gasteiger partial charge in [-0.3, -0.25) is 0 Å². The maximum absolute atomic E-state index is 4.04. The van der Waals surface area contributed by atoms with Crippen molar-refractivity contribution in [1.29, 1.82) is 0 Å². The Morgan fingerprint density at radius 2 is 2.20 bits per heavy atom. The van der Waals surface area contributed by atoms with Gasteiger partial charge in [0.1, 0.15) is 0 Å². The fraction of sp³-hybridized carbons (Fsp3) is 0.500. The summed E-state index contributed by atoms with van der Waals surface area (Å²) in [5, 5.41) is 18.5. The fourth-order valence-electron chi connectivity index (χ4n) is 2.59. The zero-order valence-corrected chi connectivity index (χ0v) is 11.7. The van der Waals surface area contributed by atoms with E-state index in [1.165, 1.54) is 12.8 Å². The third kappa shape index (κ3) is 2.96. The monoisotopic (exact) mass is 272 g/mol. The molecule has 0 saturated carbocycles. The molecule has 0 radical (unpaired) electrons. The summed E-state index contributed by atoms with van der Waals surface area (Å²) >= 11 is 0. The Bertz CT molecular complexity index is 558. The minimum absolute atomic E-state index is 0.761. The molecule has 0 aliphatic carbocycles. The van der Waals surface area contributed by atoms with Gasteiger partial charge in [-0.05, 0) is 54.4 Å². The van der Waals surface area contributed by atoms with Gasteiger partial charge in [-0.1, -0.05) is 12.1 Å². The first-order valence-corrected chi connectivity index (χ1v) is 7.10. The maximum Gasteiger partial charge on any atom is 0.181 e. The largest absolute Gasteiger partial charge is 0.385 e. The van der Waals surface area contributed by atoms with Gasteiger partial charge < -0.3 is 10.6 Å². The number of hydrogen-bond acceptors (Lipinski definition) is 5. The lowest BCUT2D eigenvalue weighted by atomic mass is 9.98. The minimum Gasteiger partial charge on any atom is -0.385 e. The molecule has 1 fully saturated rings. The van der Waals surface area contributed by atoms with E-state index in [1.54, 1.807) is 4.68 Å². The molecule has 1 saturated heterocycles. The van der Waals surface area contributed by atoms with Gasteiger partial charge in [0, 0.05) is 24.8 Å². The molecule has 2 aromatic rings. The molecule has 3 rings (SSSR count). The van der Waals surface area contributed by atoms with Crippen LogP contribution in [0.15, 0.2) is 24.3 Å². The summed E-state index contributed by atoms with van der Waals surface area (Å²) in [5.74, 6) is 1.55. The van der Waals surface area contributed by atoms with Gasteiger partial charge in [-0.2, -0.15) is 0 Å². The van der Waals surface area contributed by atoms with Crippen LogP contribution in [0.1, 0.15) is 12.8 Å². The van der Waals surface area contributed by atoms with E-state index in [4.69, 9.17) is 0 Å². The molecule has 0 spiro atoms. The number of rotatable bonds is 4. The van der Waals surface area contributed by atoms with Crippen LogP contribution in [-0.4, -0.2) is 39.8 Å². The van der Waals surface area contributed by atoms with Crippen molar-refractivity contribution in [2.24, 2.45) is 13.0 Å². The summed E-state index contributed by atoms with van der Waals surface area (Å²) in [6, 6.07) is 8.26. The van der Waals surface area contributed by atoms with Crippen molar-refractivity contribution in [3.8, 4) is 11.4 Å². The molecule has 106 valence electrons. The van der Waals surface area contributed by atoms with Gasteiger partial charge in [-0.25, -0.2) is 4.68 Å². The SMILES string of the molecule is Cn1nnnc1-c1cccc(NCC2CCNCC2)c1. The molecule has 1 aliphatic rings. The highest BCUT2D eigenvalue weighted by molar-refractivity contribution is 5.62. The van der Waals surface area contributed by atoms with Crippen molar-refractivity contribution in [3.05, 3.63) is 24.3 Å². The number of aromatic nitrogens is 4. The second kappa shape index (κ2) is 6.00. The Morgan fingerprint density at radius 1 is 1.35 bits per heavy atom. The van der Waals surface area contributed by atoms with Crippen molar-refractivity contribution in [2.45, 2.75) is 12.8 Å². The summed E-state index contributed by atoms with van der Waals surface area (Å²) in [4.78, 5) is 0. The molecule has 1 aromatic carbocycles. The molecule has 6 nitrogen and oxygen atoms in total. The number of aryl methyl sites for hydroxylation is 1. The van der Waals surface area contributed by atoms with Crippen LogP contribution >= 0.6 is 0 Å². The Balaban J connectivity index is 1.67. The Morgan fingerprint density at radius 3 is 2.95 bits per heavy atom. The van der Waals surface area contributed by atoms with Gasteiger partial charge >= 0.3 is 0 Å². The average Bonchev–Trinajstić information content (AvgIpc) is 2.93. The highest BCUT2D eigenvalue weighted by Crippen LogP contribution is 2.20. The second-order valence-electron chi connectivity index (χ2n) is 5.28. The molecule has 20 heavy (non-hydrogen) atoms. The van der Waals surface area contributed by atoms with Crippen LogP contribution in [0.3, 0.4) is 0 Å². The number of piperidine rings is 1. The first-order valence-electron chi connectivity index (χ1n) is 7.10. The highest BCUT2D eigenvalue weighted by Gasteiger charge is 2.12. The second-order valence-corrected chi connectivity index (χ2v) is 5.28. The Kier molecular flexibility index (Phi) is 3.92. The van der Waals surface area contributed by atoms with E-state index in [-0.39, 0.29) is 0 Å². The molecule has 2 N–H and O–H groups in total. The molecule has 0 amide bonds. The quantitative estimate of drug-likeness (QED) is 0.878. The van der Waals surface area contributed by atoms with Crippen LogP contribution in [-0.2, 0) is 7.05 Å². The lowest BCUT2D eigenvalue weighted by Crippen LogP contribution is -2.31. The molecule has 0 unspecified atom stereocenters. The number of hydrogen-bond donors (Lipinski definition) is 2. The van der Waals surface area contributed by atoms with Crippen LogP contribution in [0, 0.1) is 5.92 Å². The van der Waals surface area contributed by atoms with Gasteiger partial charge in [0.15, 0.2) is 5.82 Å². The first-order chi connectivity index (χ1) is 9.83. The van der Waals surface area contributed by atoms with Crippen molar-refractivity contribution in [3.63, 3.8) is 0 Å². The summed E-state index contributed by atoms with van der Waals surface area (Å²) in [6.07, 6.45) is 2.50. The summed E-state index contributed by atoms with van der Waals surface area (Å²) in [6.45, 7) is 3.30. The lowest BCUT2D eigenvalue weighted by Gasteiger charge is -2.23. The third-order valence-corrected chi connectivity index (χ3v) is 3.79. The van der Waals surface area contributed by atoms with Gasteiger partial charge in [0.05, 0.1) is 0 Å². The molecule has 0 bridgehead atoms. The van der Waals surface area contributed by atoms with E-state index in [0.29, 0.717) is 0 Å². The first kappa shape index (κ1) is 13.1. The van der Waals surface area contributed by atoms with Crippen LogP contribution in [0.25, 0.3) is 11.4 Å². The number of nitrogens with zero attached hydrogens (tertiary/aromatic N) is 4. The number of nitrogens with one attached hydrogen (secondary N) is 2. The van der Waals surface area contributed by atoms with Crippen LogP contribution in [0.5, 0.6) is 0 Å². The van der Waals surface area contributed by atoms with Crippen molar-refractivity contribution < 1.29 is 0 Å². The maximum atomic E-state index is 4.04. The molecule has 1 aromatic heterocycles. The zero-order valence-electron chi connectivity index (χ0n) is 11.7. The Labute approximate surface area is 118 Å². The standard InChI is InChI=1S/C14H20N6/c1-20-14(17-18-19-20)12-3-2-4-13(9-12)16-10-11-5-7-15-8-6-11/h2-4,9,11,15-16H,5-8,10H2,1H3. The van der Waals surface area contributed by atoms with E-state index < -0.39 is 0 Å². The van der Waals surface area contributed by atoms with Crippen molar-refractivity contribution >= 4 is 5.69 Å². The zero-order chi connectivity index (χ0) is 13.8. The number of benzene rings is 1. The Hall–Kier alpha value is -1.95. The van der Waals surface area contributed by atoms with Gasteiger partial charge in [-0.15, -0.1) is 5.10 Å². The van der Waals surface area contributed by atoms with E-state index in [2.05, 4.69) is 38.3 Å². The summed E-state index contributed by atoms with van der Waals surface area (Å²) in [5.41, 5.74) is 2.16. The number of tetrazole rings is 1. The normalized spacial score (nSPS) is 16.2. The predicted octanol–water partition coefficient (Wildman–Crippen LogP) is 1.29. The smallest absolute Gasteiger partial charge is 0.181 e.